The minimum Gasteiger partial charge on any atom is -0.462 e. The smallest absolute Gasteiger partial charge is 0.341 e. The van der Waals surface area contributed by atoms with E-state index in [1.807, 2.05) is 42.5 Å². The van der Waals surface area contributed by atoms with Crippen molar-refractivity contribution in [2.75, 3.05) is 6.61 Å². The zero-order valence-electron chi connectivity index (χ0n) is 12.0. The molecule has 3 rings (SSSR count). The van der Waals surface area contributed by atoms with E-state index in [9.17, 15) is 4.79 Å². The molecule has 1 aromatic heterocycles. The van der Waals surface area contributed by atoms with Gasteiger partial charge in [0.1, 0.15) is 11.3 Å². The number of carbonyl (C=O) groups excluding carboxylic acids is 1. The van der Waals surface area contributed by atoms with Crippen molar-refractivity contribution >= 4 is 29.2 Å². The first-order chi connectivity index (χ1) is 10.7. The summed E-state index contributed by atoms with van der Waals surface area (Å²) in [5.74, 6) is 0.228. The van der Waals surface area contributed by atoms with E-state index in [1.54, 1.807) is 19.1 Å². The van der Waals surface area contributed by atoms with Gasteiger partial charge in [0, 0.05) is 17.0 Å². The van der Waals surface area contributed by atoms with Crippen LogP contribution in [0.25, 0.3) is 22.3 Å². The fourth-order valence-corrected chi connectivity index (χ4v) is 2.56. The van der Waals surface area contributed by atoms with Crippen LogP contribution in [0.2, 0.25) is 0 Å². The minimum atomic E-state index is -0.406. The third kappa shape index (κ3) is 2.65. The summed E-state index contributed by atoms with van der Waals surface area (Å²) < 4.78 is 11.7. The SMILES string of the molecule is CCOC(=O)c1cccc2c(=S)cc(-c3ccccc3)oc12. The Balaban J connectivity index is 2.25. The summed E-state index contributed by atoms with van der Waals surface area (Å²) in [5, 5.41) is 0.736. The highest BCUT2D eigenvalue weighted by Crippen LogP contribution is 2.28. The van der Waals surface area contributed by atoms with Crippen LogP contribution < -0.4 is 0 Å². The van der Waals surface area contributed by atoms with Gasteiger partial charge in [-0.2, -0.15) is 0 Å². The fourth-order valence-electron chi connectivity index (χ4n) is 2.29. The van der Waals surface area contributed by atoms with E-state index in [0.29, 0.717) is 28.0 Å². The van der Waals surface area contributed by atoms with Crippen molar-refractivity contribution in [2.24, 2.45) is 0 Å². The fraction of sp³-hybridized carbons (Fsp3) is 0.111. The van der Waals surface area contributed by atoms with Gasteiger partial charge in [0.15, 0.2) is 5.58 Å². The van der Waals surface area contributed by atoms with E-state index in [4.69, 9.17) is 21.4 Å². The first kappa shape index (κ1) is 14.5. The molecule has 0 fully saturated rings. The van der Waals surface area contributed by atoms with Crippen LogP contribution in [0.5, 0.6) is 0 Å². The molecule has 0 amide bonds. The summed E-state index contributed by atoms with van der Waals surface area (Å²) in [5.41, 5.74) is 1.77. The van der Waals surface area contributed by atoms with Crippen molar-refractivity contribution in [2.45, 2.75) is 6.92 Å². The monoisotopic (exact) mass is 310 g/mol. The second kappa shape index (κ2) is 6.12. The molecule has 3 aromatic rings. The molecule has 0 radical (unpaired) electrons. The Morgan fingerprint density at radius 2 is 1.91 bits per heavy atom. The van der Waals surface area contributed by atoms with Crippen LogP contribution >= 0.6 is 12.2 Å². The predicted molar refractivity (Wildman–Crippen MR) is 88.4 cm³/mol. The van der Waals surface area contributed by atoms with Gasteiger partial charge in [0.05, 0.1) is 11.1 Å². The summed E-state index contributed by atoms with van der Waals surface area (Å²) in [6, 6.07) is 16.8. The van der Waals surface area contributed by atoms with E-state index in [2.05, 4.69) is 0 Å². The maximum absolute atomic E-state index is 12.1. The number of hydrogen-bond donors (Lipinski definition) is 0. The van der Waals surface area contributed by atoms with E-state index in [-0.39, 0.29) is 0 Å². The normalized spacial score (nSPS) is 10.6. The van der Waals surface area contributed by atoms with E-state index in [1.165, 1.54) is 0 Å². The maximum atomic E-state index is 12.1. The summed E-state index contributed by atoms with van der Waals surface area (Å²) in [7, 11) is 0. The summed E-state index contributed by atoms with van der Waals surface area (Å²) in [6.07, 6.45) is 0. The number of ether oxygens (including phenoxy) is 1. The summed E-state index contributed by atoms with van der Waals surface area (Å²) in [6.45, 7) is 2.09. The lowest BCUT2D eigenvalue weighted by atomic mass is 10.1. The number of benzene rings is 2. The molecule has 2 aromatic carbocycles. The molecule has 0 aliphatic heterocycles. The molecular formula is C18H14O3S. The zero-order chi connectivity index (χ0) is 15.5. The summed E-state index contributed by atoms with van der Waals surface area (Å²) in [4.78, 5) is 12.1. The first-order valence-corrected chi connectivity index (χ1v) is 7.41. The molecule has 0 aliphatic carbocycles. The van der Waals surface area contributed by atoms with Crippen LogP contribution in [0.1, 0.15) is 17.3 Å². The Labute approximate surface area is 133 Å². The Morgan fingerprint density at radius 1 is 1.14 bits per heavy atom. The Morgan fingerprint density at radius 3 is 2.64 bits per heavy atom. The number of rotatable bonds is 3. The molecule has 22 heavy (non-hydrogen) atoms. The molecule has 3 nitrogen and oxygen atoms in total. The lowest BCUT2D eigenvalue weighted by Gasteiger charge is -2.08. The van der Waals surface area contributed by atoms with Crippen molar-refractivity contribution < 1.29 is 13.9 Å². The van der Waals surface area contributed by atoms with Gasteiger partial charge in [-0.3, -0.25) is 0 Å². The molecule has 0 bridgehead atoms. The van der Waals surface area contributed by atoms with Crippen LogP contribution in [0.15, 0.2) is 59.0 Å². The van der Waals surface area contributed by atoms with Gasteiger partial charge in [-0.15, -0.1) is 0 Å². The lowest BCUT2D eigenvalue weighted by Crippen LogP contribution is -2.05. The third-order valence-corrected chi connectivity index (χ3v) is 3.65. The number of carbonyl (C=O) groups is 1. The largest absolute Gasteiger partial charge is 0.462 e. The lowest BCUT2D eigenvalue weighted by molar-refractivity contribution is 0.0527. The first-order valence-electron chi connectivity index (χ1n) is 7.00. The van der Waals surface area contributed by atoms with Gasteiger partial charge in [-0.05, 0) is 19.1 Å². The van der Waals surface area contributed by atoms with Gasteiger partial charge < -0.3 is 9.15 Å². The number of para-hydroxylation sites is 1. The zero-order valence-corrected chi connectivity index (χ0v) is 12.9. The average Bonchev–Trinajstić information content (AvgIpc) is 2.55. The van der Waals surface area contributed by atoms with Crippen LogP contribution in [0.4, 0.5) is 0 Å². The van der Waals surface area contributed by atoms with Crippen LogP contribution in [-0.4, -0.2) is 12.6 Å². The Bertz CT molecular complexity index is 882. The molecular weight excluding hydrogens is 296 g/mol. The quantitative estimate of drug-likeness (QED) is 0.504. The standard InChI is InChI=1S/C18H14O3S/c1-2-20-18(19)14-10-6-9-13-16(22)11-15(21-17(13)14)12-7-4-3-5-8-12/h3-11H,2H2,1H3. The predicted octanol–water partition coefficient (Wildman–Crippen LogP) is 5.01. The average molecular weight is 310 g/mol. The molecule has 0 saturated heterocycles. The van der Waals surface area contributed by atoms with E-state index < -0.39 is 5.97 Å². The number of fused-ring (bicyclic) bond motifs is 1. The number of hydrogen-bond acceptors (Lipinski definition) is 4. The van der Waals surface area contributed by atoms with E-state index in [0.717, 1.165) is 10.9 Å². The molecule has 4 heteroatoms. The van der Waals surface area contributed by atoms with Crippen molar-refractivity contribution in [3.63, 3.8) is 0 Å². The summed E-state index contributed by atoms with van der Waals surface area (Å²) >= 11 is 5.44. The molecule has 0 N–H and O–H groups in total. The molecule has 0 aliphatic rings. The molecule has 0 atom stereocenters. The van der Waals surface area contributed by atoms with Gasteiger partial charge in [0.2, 0.25) is 0 Å². The molecule has 0 spiro atoms. The van der Waals surface area contributed by atoms with Crippen LogP contribution in [0.3, 0.4) is 0 Å². The topological polar surface area (TPSA) is 39.4 Å². The van der Waals surface area contributed by atoms with E-state index >= 15 is 0 Å². The highest BCUT2D eigenvalue weighted by molar-refractivity contribution is 7.71. The van der Waals surface area contributed by atoms with Crippen molar-refractivity contribution in [1.29, 1.82) is 0 Å². The van der Waals surface area contributed by atoms with Gasteiger partial charge in [-0.1, -0.05) is 48.6 Å². The second-order valence-corrected chi connectivity index (χ2v) is 5.18. The minimum absolute atomic E-state index is 0.314. The molecule has 0 unspecified atom stereocenters. The van der Waals surface area contributed by atoms with Crippen molar-refractivity contribution in [1.82, 2.24) is 0 Å². The second-order valence-electron chi connectivity index (χ2n) is 4.74. The maximum Gasteiger partial charge on any atom is 0.341 e. The molecule has 1 heterocycles. The highest BCUT2D eigenvalue weighted by Gasteiger charge is 2.15. The van der Waals surface area contributed by atoms with Crippen LogP contribution in [0, 0.1) is 4.51 Å². The Kier molecular flexibility index (Phi) is 4.02. The van der Waals surface area contributed by atoms with Gasteiger partial charge in [-0.25, -0.2) is 4.79 Å². The van der Waals surface area contributed by atoms with Gasteiger partial charge >= 0.3 is 5.97 Å². The third-order valence-electron chi connectivity index (χ3n) is 3.31. The van der Waals surface area contributed by atoms with Crippen molar-refractivity contribution in [3.8, 4) is 11.3 Å². The number of esters is 1. The highest BCUT2D eigenvalue weighted by atomic mass is 32.1. The molecule has 0 saturated carbocycles. The molecule has 110 valence electrons. The Hall–Kier alpha value is -2.46. The van der Waals surface area contributed by atoms with Crippen molar-refractivity contribution in [3.05, 3.63) is 64.7 Å². The van der Waals surface area contributed by atoms with Gasteiger partial charge in [0.25, 0.3) is 0 Å². The van der Waals surface area contributed by atoms with Crippen LogP contribution in [-0.2, 0) is 4.74 Å².